The van der Waals surface area contributed by atoms with Crippen molar-refractivity contribution < 1.29 is 14.8 Å². The standard InChI is InChI=1S/C9H17NO4/c1-6(2)3-7-4-9(11)14-5-8(7)10(12)13/h6-9,11H,3-5H2,1-2H3/t7-,8-,9-/m1/s1. The molecular weight excluding hydrogens is 186 g/mol. The van der Waals surface area contributed by atoms with Crippen LogP contribution in [0.2, 0.25) is 0 Å². The van der Waals surface area contributed by atoms with Crippen LogP contribution in [0.5, 0.6) is 0 Å². The van der Waals surface area contributed by atoms with Crippen LogP contribution in [0, 0.1) is 22.0 Å². The molecule has 1 rings (SSSR count). The molecule has 1 aliphatic rings. The quantitative estimate of drug-likeness (QED) is 0.549. The molecule has 1 saturated heterocycles. The van der Waals surface area contributed by atoms with Gasteiger partial charge in [0.2, 0.25) is 6.04 Å². The lowest BCUT2D eigenvalue weighted by Gasteiger charge is -2.29. The topological polar surface area (TPSA) is 72.6 Å². The Morgan fingerprint density at radius 1 is 1.64 bits per heavy atom. The summed E-state index contributed by atoms with van der Waals surface area (Å²) in [7, 11) is 0. The van der Waals surface area contributed by atoms with E-state index in [2.05, 4.69) is 0 Å². The molecule has 3 atom stereocenters. The molecule has 1 heterocycles. The molecular formula is C9H17NO4. The monoisotopic (exact) mass is 203 g/mol. The molecule has 0 spiro atoms. The van der Waals surface area contributed by atoms with E-state index in [1.54, 1.807) is 0 Å². The molecule has 0 aliphatic carbocycles. The average molecular weight is 203 g/mol. The van der Waals surface area contributed by atoms with Gasteiger partial charge in [-0.3, -0.25) is 10.1 Å². The minimum absolute atomic E-state index is 0.0333. The minimum Gasteiger partial charge on any atom is -0.368 e. The Balaban J connectivity index is 2.59. The second kappa shape index (κ2) is 4.70. The van der Waals surface area contributed by atoms with E-state index in [-0.39, 0.29) is 17.4 Å². The third kappa shape index (κ3) is 2.92. The van der Waals surface area contributed by atoms with E-state index < -0.39 is 12.3 Å². The molecule has 0 aromatic heterocycles. The molecule has 1 aliphatic heterocycles. The van der Waals surface area contributed by atoms with Gasteiger partial charge in [-0.15, -0.1) is 0 Å². The fraction of sp³-hybridized carbons (Fsp3) is 1.00. The summed E-state index contributed by atoms with van der Waals surface area (Å²) in [5.74, 6) is 0.349. The maximum absolute atomic E-state index is 10.7. The Hall–Kier alpha value is -0.680. The first kappa shape index (κ1) is 11.4. The van der Waals surface area contributed by atoms with Crippen LogP contribution in [0.4, 0.5) is 0 Å². The Morgan fingerprint density at radius 3 is 2.79 bits per heavy atom. The normalized spacial score (nSPS) is 33.3. The summed E-state index contributed by atoms with van der Waals surface area (Å²) in [6.45, 7) is 4.09. The first-order valence-electron chi connectivity index (χ1n) is 4.94. The summed E-state index contributed by atoms with van der Waals surface area (Å²) in [6.07, 6.45) is 0.325. The number of hydrogen-bond donors (Lipinski definition) is 1. The lowest BCUT2D eigenvalue weighted by molar-refractivity contribution is -0.545. The van der Waals surface area contributed by atoms with E-state index in [9.17, 15) is 15.2 Å². The summed E-state index contributed by atoms with van der Waals surface area (Å²) < 4.78 is 4.88. The van der Waals surface area contributed by atoms with Crippen molar-refractivity contribution in [2.75, 3.05) is 6.61 Å². The van der Waals surface area contributed by atoms with Crippen molar-refractivity contribution in [3.8, 4) is 0 Å². The van der Waals surface area contributed by atoms with E-state index in [0.717, 1.165) is 6.42 Å². The molecule has 1 N–H and O–H groups in total. The van der Waals surface area contributed by atoms with Crippen molar-refractivity contribution in [2.45, 2.75) is 39.0 Å². The number of aliphatic hydroxyl groups excluding tert-OH is 1. The van der Waals surface area contributed by atoms with Gasteiger partial charge in [-0.1, -0.05) is 13.8 Å². The maximum atomic E-state index is 10.7. The molecule has 0 saturated carbocycles. The molecule has 0 aromatic rings. The summed E-state index contributed by atoms with van der Waals surface area (Å²) in [5, 5.41) is 19.9. The van der Waals surface area contributed by atoms with Crippen molar-refractivity contribution in [1.29, 1.82) is 0 Å². The van der Waals surface area contributed by atoms with E-state index in [1.807, 2.05) is 13.8 Å². The van der Waals surface area contributed by atoms with Crippen LogP contribution < -0.4 is 0 Å². The molecule has 5 heteroatoms. The largest absolute Gasteiger partial charge is 0.368 e. The molecule has 5 nitrogen and oxygen atoms in total. The van der Waals surface area contributed by atoms with Gasteiger partial charge in [-0.25, -0.2) is 0 Å². The molecule has 0 radical (unpaired) electrons. The summed E-state index contributed by atoms with van der Waals surface area (Å²) in [5.41, 5.74) is 0. The highest BCUT2D eigenvalue weighted by Gasteiger charge is 2.38. The van der Waals surface area contributed by atoms with Crippen molar-refractivity contribution in [3.63, 3.8) is 0 Å². The van der Waals surface area contributed by atoms with Gasteiger partial charge < -0.3 is 9.84 Å². The molecule has 0 aromatic carbocycles. The fourth-order valence-electron chi connectivity index (χ4n) is 1.92. The van der Waals surface area contributed by atoms with Gasteiger partial charge in [0, 0.05) is 17.3 Å². The fourth-order valence-corrected chi connectivity index (χ4v) is 1.92. The van der Waals surface area contributed by atoms with Crippen LogP contribution in [0.25, 0.3) is 0 Å². The minimum atomic E-state index is -0.824. The number of hydrogen-bond acceptors (Lipinski definition) is 4. The van der Waals surface area contributed by atoms with Crippen LogP contribution in [-0.4, -0.2) is 29.0 Å². The number of rotatable bonds is 3. The number of ether oxygens (including phenoxy) is 1. The number of nitrogens with zero attached hydrogens (tertiary/aromatic N) is 1. The van der Waals surface area contributed by atoms with Gasteiger partial charge in [0.1, 0.15) is 6.61 Å². The number of aliphatic hydroxyl groups is 1. The molecule has 0 unspecified atom stereocenters. The van der Waals surface area contributed by atoms with Gasteiger partial charge in [-0.2, -0.15) is 0 Å². The Bertz CT molecular complexity index is 205. The summed E-state index contributed by atoms with van der Waals surface area (Å²) in [4.78, 5) is 10.4. The zero-order valence-corrected chi connectivity index (χ0v) is 8.55. The lowest BCUT2D eigenvalue weighted by atomic mass is 9.86. The van der Waals surface area contributed by atoms with E-state index in [1.165, 1.54) is 0 Å². The van der Waals surface area contributed by atoms with Crippen LogP contribution in [-0.2, 0) is 4.74 Å². The highest BCUT2D eigenvalue weighted by molar-refractivity contribution is 4.76. The van der Waals surface area contributed by atoms with Crippen LogP contribution >= 0.6 is 0 Å². The Kier molecular flexibility index (Phi) is 3.83. The smallest absolute Gasteiger partial charge is 0.239 e. The van der Waals surface area contributed by atoms with E-state index >= 15 is 0 Å². The lowest BCUT2D eigenvalue weighted by Crippen LogP contribution is -2.42. The predicted molar refractivity (Wildman–Crippen MR) is 50.3 cm³/mol. The second-order valence-corrected chi connectivity index (χ2v) is 4.27. The van der Waals surface area contributed by atoms with E-state index in [0.29, 0.717) is 12.3 Å². The summed E-state index contributed by atoms with van der Waals surface area (Å²) in [6, 6.07) is -0.652. The van der Waals surface area contributed by atoms with Crippen molar-refractivity contribution in [2.24, 2.45) is 11.8 Å². The van der Waals surface area contributed by atoms with Crippen LogP contribution in [0.15, 0.2) is 0 Å². The second-order valence-electron chi connectivity index (χ2n) is 4.27. The van der Waals surface area contributed by atoms with E-state index in [4.69, 9.17) is 4.74 Å². The van der Waals surface area contributed by atoms with Crippen molar-refractivity contribution in [3.05, 3.63) is 10.1 Å². The van der Waals surface area contributed by atoms with Gasteiger partial charge in [0.25, 0.3) is 0 Å². The SMILES string of the molecule is CC(C)C[C@@H]1C[C@H](O)OC[C@H]1[N+](=O)[O-]. The molecule has 14 heavy (non-hydrogen) atoms. The van der Waals surface area contributed by atoms with Gasteiger partial charge in [0.05, 0.1) is 0 Å². The highest BCUT2D eigenvalue weighted by Crippen LogP contribution is 2.27. The molecule has 0 amide bonds. The summed E-state index contributed by atoms with van der Waals surface area (Å²) >= 11 is 0. The Morgan fingerprint density at radius 2 is 2.29 bits per heavy atom. The number of nitro groups is 1. The first-order valence-corrected chi connectivity index (χ1v) is 4.94. The van der Waals surface area contributed by atoms with Gasteiger partial charge in [0.15, 0.2) is 6.29 Å². The molecule has 1 fully saturated rings. The van der Waals surface area contributed by atoms with Crippen LogP contribution in [0.1, 0.15) is 26.7 Å². The Labute approximate surface area is 83.2 Å². The zero-order chi connectivity index (χ0) is 10.7. The third-order valence-electron chi connectivity index (χ3n) is 2.55. The molecule has 82 valence electrons. The van der Waals surface area contributed by atoms with Crippen molar-refractivity contribution >= 4 is 0 Å². The van der Waals surface area contributed by atoms with Crippen molar-refractivity contribution in [1.82, 2.24) is 0 Å². The predicted octanol–water partition coefficient (Wildman–Crippen LogP) is 1.03. The van der Waals surface area contributed by atoms with Gasteiger partial charge >= 0.3 is 0 Å². The van der Waals surface area contributed by atoms with Crippen LogP contribution in [0.3, 0.4) is 0 Å². The van der Waals surface area contributed by atoms with Gasteiger partial charge in [-0.05, 0) is 12.3 Å². The third-order valence-corrected chi connectivity index (χ3v) is 2.55. The average Bonchev–Trinajstić information content (AvgIpc) is 2.01. The highest BCUT2D eigenvalue weighted by atomic mass is 16.6. The molecule has 0 bridgehead atoms. The first-order chi connectivity index (χ1) is 6.50. The zero-order valence-electron chi connectivity index (χ0n) is 8.55. The maximum Gasteiger partial charge on any atom is 0.239 e.